The van der Waals surface area contributed by atoms with Gasteiger partial charge in [0.2, 0.25) is 0 Å². The van der Waals surface area contributed by atoms with Crippen LogP contribution in [0.4, 0.5) is 0 Å². The number of hydrogen-bond donors (Lipinski definition) is 1. The Morgan fingerprint density at radius 1 is 1.19 bits per heavy atom. The van der Waals surface area contributed by atoms with Gasteiger partial charge in [0.15, 0.2) is 0 Å². The third-order valence-electron chi connectivity index (χ3n) is 4.40. The summed E-state index contributed by atoms with van der Waals surface area (Å²) in [7, 11) is 2.08. The first-order valence-electron chi connectivity index (χ1n) is 7.07. The summed E-state index contributed by atoms with van der Waals surface area (Å²) in [6, 6.07) is 0. The second-order valence-corrected chi connectivity index (χ2v) is 5.89. The van der Waals surface area contributed by atoms with Crippen LogP contribution in [0.25, 0.3) is 0 Å². The third-order valence-corrected chi connectivity index (χ3v) is 4.40. The van der Waals surface area contributed by atoms with Crippen LogP contribution < -0.4 is 5.32 Å². The standard InChI is InChI=1S/C14H27NO/c1-15-11-14(8-5-9-16-12-14)10-13-6-3-2-4-7-13/h13,15H,2-12H2,1H3. The lowest BCUT2D eigenvalue weighted by atomic mass is 9.71. The molecule has 2 fully saturated rings. The third kappa shape index (κ3) is 3.21. The molecule has 0 radical (unpaired) electrons. The molecule has 0 amide bonds. The smallest absolute Gasteiger partial charge is 0.0534 e. The highest BCUT2D eigenvalue weighted by Crippen LogP contribution is 2.39. The number of hydrogen-bond acceptors (Lipinski definition) is 2. The summed E-state index contributed by atoms with van der Waals surface area (Å²) in [5.41, 5.74) is 0.453. The SMILES string of the molecule is CNCC1(CC2CCCCC2)CCCOC1. The Morgan fingerprint density at radius 2 is 2.00 bits per heavy atom. The highest BCUT2D eigenvalue weighted by molar-refractivity contribution is 4.86. The summed E-state index contributed by atoms with van der Waals surface area (Å²) in [4.78, 5) is 0. The molecule has 0 aromatic rings. The largest absolute Gasteiger partial charge is 0.381 e. The van der Waals surface area contributed by atoms with Crippen LogP contribution in [-0.2, 0) is 4.74 Å². The molecule has 2 aliphatic rings. The first kappa shape index (κ1) is 12.4. The Hall–Kier alpha value is -0.0800. The highest BCUT2D eigenvalue weighted by atomic mass is 16.5. The maximum absolute atomic E-state index is 5.74. The van der Waals surface area contributed by atoms with Gasteiger partial charge in [0.1, 0.15) is 0 Å². The van der Waals surface area contributed by atoms with Gasteiger partial charge in [0, 0.05) is 18.6 Å². The molecule has 1 unspecified atom stereocenters. The Morgan fingerprint density at radius 3 is 2.62 bits per heavy atom. The lowest BCUT2D eigenvalue weighted by Crippen LogP contribution is -2.41. The molecule has 94 valence electrons. The van der Waals surface area contributed by atoms with Crippen molar-refractivity contribution >= 4 is 0 Å². The minimum atomic E-state index is 0.453. The fourth-order valence-corrected chi connectivity index (χ4v) is 3.66. The Kier molecular flexibility index (Phi) is 4.66. The predicted molar refractivity (Wildman–Crippen MR) is 67.6 cm³/mol. The van der Waals surface area contributed by atoms with E-state index in [1.807, 2.05) is 0 Å². The van der Waals surface area contributed by atoms with Crippen molar-refractivity contribution in [2.24, 2.45) is 11.3 Å². The van der Waals surface area contributed by atoms with Crippen molar-refractivity contribution in [2.45, 2.75) is 51.4 Å². The van der Waals surface area contributed by atoms with Gasteiger partial charge in [-0.3, -0.25) is 0 Å². The van der Waals surface area contributed by atoms with Gasteiger partial charge in [-0.2, -0.15) is 0 Å². The van der Waals surface area contributed by atoms with Crippen LogP contribution in [0, 0.1) is 11.3 Å². The molecule has 2 nitrogen and oxygen atoms in total. The summed E-state index contributed by atoms with van der Waals surface area (Å²) >= 11 is 0. The topological polar surface area (TPSA) is 21.3 Å². The van der Waals surface area contributed by atoms with Crippen molar-refractivity contribution in [1.29, 1.82) is 0 Å². The van der Waals surface area contributed by atoms with E-state index in [0.717, 1.165) is 25.7 Å². The zero-order valence-electron chi connectivity index (χ0n) is 10.8. The van der Waals surface area contributed by atoms with Crippen molar-refractivity contribution in [2.75, 3.05) is 26.8 Å². The molecule has 1 saturated heterocycles. The quantitative estimate of drug-likeness (QED) is 0.794. The van der Waals surface area contributed by atoms with Crippen molar-refractivity contribution in [3.05, 3.63) is 0 Å². The highest BCUT2D eigenvalue weighted by Gasteiger charge is 2.34. The second kappa shape index (κ2) is 6.02. The van der Waals surface area contributed by atoms with E-state index in [0.29, 0.717) is 5.41 Å². The molecule has 0 spiro atoms. The van der Waals surface area contributed by atoms with Gasteiger partial charge in [-0.1, -0.05) is 32.1 Å². The molecular weight excluding hydrogens is 198 g/mol. The average molecular weight is 225 g/mol. The summed E-state index contributed by atoms with van der Waals surface area (Å²) < 4.78 is 5.74. The Bertz CT molecular complexity index is 187. The van der Waals surface area contributed by atoms with Gasteiger partial charge in [0.25, 0.3) is 0 Å². The normalized spacial score (nSPS) is 32.8. The zero-order valence-corrected chi connectivity index (χ0v) is 10.8. The maximum atomic E-state index is 5.74. The van der Waals surface area contributed by atoms with Gasteiger partial charge < -0.3 is 10.1 Å². The zero-order chi connectivity index (χ0) is 11.3. The van der Waals surface area contributed by atoms with Gasteiger partial charge in [-0.05, 0) is 32.2 Å². The van der Waals surface area contributed by atoms with E-state index in [2.05, 4.69) is 12.4 Å². The lowest BCUT2D eigenvalue weighted by molar-refractivity contribution is -0.0224. The number of ether oxygens (including phenoxy) is 1. The van der Waals surface area contributed by atoms with E-state index in [1.165, 1.54) is 51.4 Å². The monoisotopic (exact) mass is 225 g/mol. The number of nitrogens with one attached hydrogen (secondary N) is 1. The van der Waals surface area contributed by atoms with E-state index in [1.54, 1.807) is 0 Å². The molecule has 1 N–H and O–H groups in total. The van der Waals surface area contributed by atoms with Crippen LogP contribution in [0.1, 0.15) is 51.4 Å². The van der Waals surface area contributed by atoms with Crippen LogP contribution in [0.2, 0.25) is 0 Å². The van der Waals surface area contributed by atoms with Crippen LogP contribution in [0.15, 0.2) is 0 Å². The van der Waals surface area contributed by atoms with Gasteiger partial charge in [-0.25, -0.2) is 0 Å². The Labute approximate surface area is 100 Å². The summed E-state index contributed by atoms with van der Waals surface area (Å²) in [6.45, 7) is 3.12. The Balaban J connectivity index is 1.89. The summed E-state index contributed by atoms with van der Waals surface area (Å²) in [5, 5.41) is 3.39. The molecular formula is C14H27NO. The van der Waals surface area contributed by atoms with E-state index >= 15 is 0 Å². The molecule has 1 aliphatic carbocycles. The summed E-state index contributed by atoms with van der Waals surface area (Å²) in [5.74, 6) is 0.976. The first-order valence-corrected chi connectivity index (χ1v) is 7.07. The number of rotatable bonds is 4. The molecule has 1 aliphatic heterocycles. The van der Waals surface area contributed by atoms with Crippen LogP contribution in [-0.4, -0.2) is 26.8 Å². The minimum absolute atomic E-state index is 0.453. The molecule has 1 heterocycles. The van der Waals surface area contributed by atoms with E-state index < -0.39 is 0 Å². The molecule has 2 heteroatoms. The van der Waals surface area contributed by atoms with Crippen molar-refractivity contribution in [3.63, 3.8) is 0 Å². The molecule has 16 heavy (non-hydrogen) atoms. The second-order valence-electron chi connectivity index (χ2n) is 5.89. The van der Waals surface area contributed by atoms with E-state index in [-0.39, 0.29) is 0 Å². The lowest BCUT2D eigenvalue weighted by Gasteiger charge is -2.40. The van der Waals surface area contributed by atoms with Crippen LogP contribution >= 0.6 is 0 Å². The average Bonchev–Trinajstić information content (AvgIpc) is 2.31. The molecule has 1 saturated carbocycles. The van der Waals surface area contributed by atoms with E-state index in [9.17, 15) is 0 Å². The minimum Gasteiger partial charge on any atom is -0.381 e. The molecule has 0 bridgehead atoms. The maximum Gasteiger partial charge on any atom is 0.0534 e. The van der Waals surface area contributed by atoms with Gasteiger partial charge in [0.05, 0.1) is 6.61 Å². The van der Waals surface area contributed by atoms with Gasteiger partial charge in [-0.15, -0.1) is 0 Å². The van der Waals surface area contributed by atoms with Crippen molar-refractivity contribution < 1.29 is 4.74 Å². The first-order chi connectivity index (χ1) is 7.85. The molecule has 0 aromatic heterocycles. The fourth-order valence-electron chi connectivity index (χ4n) is 3.66. The van der Waals surface area contributed by atoms with Crippen molar-refractivity contribution in [1.82, 2.24) is 5.32 Å². The molecule has 1 atom stereocenters. The molecule has 0 aromatic carbocycles. The fraction of sp³-hybridized carbons (Fsp3) is 1.00. The van der Waals surface area contributed by atoms with Crippen LogP contribution in [0.5, 0.6) is 0 Å². The summed E-state index contributed by atoms with van der Waals surface area (Å²) in [6.07, 6.45) is 11.3. The van der Waals surface area contributed by atoms with Gasteiger partial charge >= 0.3 is 0 Å². The van der Waals surface area contributed by atoms with Crippen molar-refractivity contribution in [3.8, 4) is 0 Å². The van der Waals surface area contributed by atoms with Crippen LogP contribution in [0.3, 0.4) is 0 Å². The predicted octanol–water partition coefficient (Wildman–Crippen LogP) is 2.97. The molecule has 2 rings (SSSR count). The van der Waals surface area contributed by atoms with E-state index in [4.69, 9.17) is 4.74 Å².